The van der Waals surface area contributed by atoms with Crippen LogP contribution in [0.3, 0.4) is 0 Å². The molecule has 1 saturated carbocycles. The SMILES string of the molecule is CC(O)C(C)(C)Nc1cc(Nc2ccnc(-c3cnn(S(=O)(=O)C4CC4)c3)n2)ncc1-c1ccn(C)n1. The van der Waals surface area contributed by atoms with Gasteiger partial charge in [0.05, 0.1) is 40.5 Å². The standard InChI is InChI=1S/C24H29N9O3S/c1-15(34)24(2,3)30-20-11-22(26-13-18(20)19-8-10-32(4)31-19)28-21-7-9-25-23(29-21)16-12-27-33(14-16)37(35,36)17-5-6-17/h7-15,17,34H,5-6H2,1-4H3,(H2,25,26,28,29,30). The van der Waals surface area contributed by atoms with Crippen LogP contribution in [0.1, 0.15) is 33.6 Å². The van der Waals surface area contributed by atoms with Crippen molar-refractivity contribution >= 4 is 27.3 Å². The Morgan fingerprint density at radius 1 is 1.16 bits per heavy atom. The molecule has 37 heavy (non-hydrogen) atoms. The number of rotatable bonds is 9. The summed E-state index contributed by atoms with van der Waals surface area (Å²) in [5, 5.41) is 25.0. The summed E-state index contributed by atoms with van der Waals surface area (Å²) < 4.78 is 27.6. The van der Waals surface area contributed by atoms with Gasteiger partial charge in [0.15, 0.2) is 5.82 Å². The largest absolute Gasteiger partial charge is 0.391 e. The molecule has 1 fully saturated rings. The van der Waals surface area contributed by atoms with Crippen LogP contribution in [0, 0.1) is 0 Å². The van der Waals surface area contributed by atoms with Crippen molar-refractivity contribution in [3.63, 3.8) is 0 Å². The number of aryl methyl sites for hydroxylation is 1. The molecule has 4 aromatic heterocycles. The first kappa shape index (κ1) is 24.8. The highest BCUT2D eigenvalue weighted by molar-refractivity contribution is 7.90. The Balaban J connectivity index is 1.43. The maximum atomic E-state index is 12.5. The number of anilines is 3. The first-order valence-electron chi connectivity index (χ1n) is 11.9. The molecule has 12 nitrogen and oxygen atoms in total. The summed E-state index contributed by atoms with van der Waals surface area (Å²) in [7, 11) is -1.63. The smallest absolute Gasteiger partial charge is 0.256 e. The van der Waals surface area contributed by atoms with E-state index in [2.05, 4.69) is 35.8 Å². The number of aliphatic hydroxyl groups is 1. The highest BCUT2D eigenvalue weighted by atomic mass is 32.2. The zero-order valence-electron chi connectivity index (χ0n) is 21.0. The van der Waals surface area contributed by atoms with Gasteiger partial charge in [-0.1, -0.05) is 0 Å². The lowest BCUT2D eigenvalue weighted by Crippen LogP contribution is -2.42. The molecule has 5 rings (SSSR count). The molecule has 0 amide bonds. The molecule has 0 saturated heterocycles. The summed E-state index contributed by atoms with van der Waals surface area (Å²) >= 11 is 0. The lowest BCUT2D eigenvalue weighted by molar-refractivity contribution is 0.133. The van der Waals surface area contributed by atoms with E-state index in [1.807, 2.05) is 39.2 Å². The maximum absolute atomic E-state index is 12.5. The van der Waals surface area contributed by atoms with E-state index >= 15 is 0 Å². The van der Waals surface area contributed by atoms with Crippen LogP contribution < -0.4 is 10.6 Å². The second-order valence-corrected chi connectivity index (χ2v) is 11.8. The molecule has 0 radical (unpaired) electrons. The summed E-state index contributed by atoms with van der Waals surface area (Å²) in [4.78, 5) is 13.3. The third kappa shape index (κ3) is 5.18. The second-order valence-electron chi connectivity index (χ2n) is 9.75. The number of hydrogen-bond acceptors (Lipinski definition) is 10. The van der Waals surface area contributed by atoms with Crippen LogP contribution in [-0.4, -0.2) is 64.3 Å². The first-order chi connectivity index (χ1) is 17.5. The van der Waals surface area contributed by atoms with Crippen molar-refractivity contribution < 1.29 is 13.5 Å². The Hall–Kier alpha value is -3.84. The molecule has 13 heteroatoms. The second kappa shape index (κ2) is 9.23. The third-order valence-corrected chi connectivity index (χ3v) is 8.37. The van der Waals surface area contributed by atoms with E-state index in [0.717, 1.165) is 21.0 Å². The molecule has 0 spiro atoms. The fourth-order valence-electron chi connectivity index (χ4n) is 3.62. The van der Waals surface area contributed by atoms with E-state index in [-0.39, 0.29) is 5.25 Å². The van der Waals surface area contributed by atoms with Gasteiger partial charge in [-0.25, -0.2) is 23.4 Å². The van der Waals surface area contributed by atoms with Crippen LogP contribution in [0.15, 0.2) is 49.2 Å². The van der Waals surface area contributed by atoms with Gasteiger partial charge < -0.3 is 15.7 Å². The monoisotopic (exact) mass is 523 g/mol. The average Bonchev–Trinajstić information content (AvgIpc) is 3.44. The van der Waals surface area contributed by atoms with Crippen molar-refractivity contribution in [1.29, 1.82) is 0 Å². The van der Waals surface area contributed by atoms with Crippen molar-refractivity contribution in [2.75, 3.05) is 10.6 Å². The molecule has 0 bridgehead atoms. The van der Waals surface area contributed by atoms with E-state index in [1.165, 1.54) is 12.4 Å². The van der Waals surface area contributed by atoms with Crippen molar-refractivity contribution in [3.8, 4) is 22.6 Å². The Morgan fingerprint density at radius 3 is 2.62 bits per heavy atom. The van der Waals surface area contributed by atoms with Gasteiger partial charge in [0, 0.05) is 43.0 Å². The van der Waals surface area contributed by atoms with Gasteiger partial charge in [0.25, 0.3) is 10.0 Å². The lowest BCUT2D eigenvalue weighted by Gasteiger charge is -2.31. The highest BCUT2D eigenvalue weighted by Gasteiger charge is 2.37. The molecule has 1 aliphatic carbocycles. The predicted molar refractivity (Wildman–Crippen MR) is 140 cm³/mol. The lowest BCUT2D eigenvalue weighted by atomic mass is 9.97. The number of hydrogen-bond donors (Lipinski definition) is 3. The number of aromatic nitrogens is 7. The van der Waals surface area contributed by atoms with Crippen molar-refractivity contribution in [1.82, 2.24) is 33.9 Å². The Kier molecular flexibility index (Phi) is 6.20. The molecule has 1 atom stereocenters. The Bertz CT molecular complexity index is 1540. The van der Waals surface area contributed by atoms with Gasteiger partial charge >= 0.3 is 0 Å². The van der Waals surface area contributed by atoms with Gasteiger partial charge in [0.1, 0.15) is 11.6 Å². The molecule has 1 aliphatic rings. The van der Waals surface area contributed by atoms with E-state index in [9.17, 15) is 13.5 Å². The number of nitrogens with one attached hydrogen (secondary N) is 2. The van der Waals surface area contributed by atoms with Crippen LogP contribution in [0.4, 0.5) is 17.3 Å². The number of pyridine rings is 1. The van der Waals surface area contributed by atoms with Crippen LogP contribution in [-0.2, 0) is 17.1 Å². The summed E-state index contributed by atoms with van der Waals surface area (Å²) in [5.74, 6) is 1.32. The Morgan fingerprint density at radius 2 is 1.95 bits per heavy atom. The fraction of sp³-hybridized carbons (Fsp3) is 0.375. The zero-order valence-corrected chi connectivity index (χ0v) is 21.8. The number of nitrogens with zero attached hydrogens (tertiary/aromatic N) is 7. The van der Waals surface area contributed by atoms with E-state index < -0.39 is 21.7 Å². The summed E-state index contributed by atoms with van der Waals surface area (Å²) in [5.41, 5.74) is 2.14. The van der Waals surface area contributed by atoms with Gasteiger partial charge in [-0.15, -0.1) is 0 Å². The predicted octanol–water partition coefficient (Wildman–Crippen LogP) is 2.79. The average molecular weight is 524 g/mol. The molecule has 3 N–H and O–H groups in total. The molecular weight excluding hydrogens is 494 g/mol. The minimum Gasteiger partial charge on any atom is -0.391 e. The van der Waals surface area contributed by atoms with Crippen LogP contribution in [0.2, 0.25) is 0 Å². The van der Waals surface area contributed by atoms with Crippen LogP contribution >= 0.6 is 0 Å². The van der Waals surface area contributed by atoms with Crippen LogP contribution in [0.25, 0.3) is 22.6 Å². The van der Waals surface area contributed by atoms with Gasteiger partial charge in [-0.05, 0) is 45.7 Å². The minimum absolute atomic E-state index is 0.334. The molecule has 0 aliphatic heterocycles. The summed E-state index contributed by atoms with van der Waals surface area (Å²) in [6, 6.07) is 5.41. The first-order valence-corrected chi connectivity index (χ1v) is 13.4. The number of aliphatic hydroxyl groups excluding tert-OH is 1. The van der Waals surface area contributed by atoms with E-state index in [0.29, 0.717) is 35.9 Å². The van der Waals surface area contributed by atoms with Crippen molar-refractivity contribution in [2.45, 2.75) is 50.5 Å². The molecular formula is C24H29N9O3S. The molecule has 4 heterocycles. The molecule has 0 aromatic carbocycles. The zero-order chi connectivity index (χ0) is 26.4. The fourth-order valence-corrected chi connectivity index (χ4v) is 5.09. The van der Waals surface area contributed by atoms with E-state index in [4.69, 9.17) is 0 Å². The van der Waals surface area contributed by atoms with Gasteiger partial charge in [-0.2, -0.15) is 14.3 Å². The summed E-state index contributed by atoms with van der Waals surface area (Å²) in [6.07, 6.45) is 8.71. The summed E-state index contributed by atoms with van der Waals surface area (Å²) in [6.45, 7) is 5.55. The quantitative estimate of drug-likeness (QED) is 0.298. The minimum atomic E-state index is -3.47. The van der Waals surface area contributed by atoms with Crippen molar-refractivity contribution in [3.05, 3.63) is 49.2 Å². The normalized spacial score (nSPS) is 14.9. The van der Waals surface area contributed by atoms with E-state index in [1.54, 1.807) is 30.1 Å². The third-order valence-electron chi connectivity index (χ3n) is 6.33. The Labute approximate surface area is 214 Å². The maximum Gasteiger partial charge on any atom is 0.256 e. The molecule has 1 unspecified atom stereocenters. The van der Waals surface area contributed by atoms with Gasteiger partial charge in [0.2, 0.25) is 0 Å². The highest BCUT2D eigenvalue weighted by Crippen LogP contribution is 2.32. The molecule has 4 aromatic rings. The van der Waals surface area contributed by atoms with Crippen molar-refractivity contribution in [2.24, 2.45) is 7.05 Å². The van der Waals surface area contributed by atoms with Gasteiger partial charge in [-0.3, -0.25) is 4.68 Å². The van der Waals surface area contributed by atoms with Crippen LogP contribution in [0.5, 0.6) is 0 Å². The molecule has 194 valence electrons. The topological polar surface area (TPSA) is 153 Å².